The van der Waals surface area contributed by atoms with Crippen LogP contribution in [0.1, 0.15) is 26.7 Å². The lowest BCUT2D eigenvalue weighted by Gasteiger charge is -2.05. The minimum Gasteiger partial charge on any atom is -0.382 e. The summed E-state index contributed by atoms with van der Waals surface area (Å²) in [7, 11) is 0. The number of hydrogen-bond donors (Lipinski definition) is 1. The van der Waals surface area contributed by atoms with Crippen LogP contribution in [0.4, 0.5) is 0 Å². The van der Waals surface area contributed by atoms with Gasteiger partial charge >= 0.3 is 0 Å². The number of ether oxygens (including phenoxy) is 2. The number of rotatable bonds is 11. The predicted molar refractivity (Wildman–Crippen MR) is 67.9 cm³/mol. The van der Waals surface area contributed by atoms with Gasteiger partial charge in [-0.05, 0) is 45.7 Å². The Balaban J connectivity index is 3.07. The van der Waals surface area contributed by atoms with Crippen LogP contribution in [0.15, 0.2) is 0 Å². The summed E-state index contributed by atoms with van der Waals surface area (Å²) in [6.45, 7) is 7.78. The van der Waals surface area contributed by atoms with Crippen molar-refractivity contribution in [3.05, 3.63) is 0 Å². The van der Waals surface area contributed by atoms with Gasteiger partial charge in [-0.3, -0.25) is 4.79 Å². The van der Waals surface area contributed by atoms with E-state index in [2.05, 4.69) is 17.2 Å². The molecule has 0 radical (unpaired) electrons. The van der Waals surface area contributed by atoms with Crippen LogP contribution >= 0.6 is 0 Å². The van der Waals surface area contributed by atoms with Crippen molar-refractivity contribution in [1.29, 1.82) is 0 Å². The van der Waals surface area contributed by atoms with E-state index in [-0.39, 0.29) is 12.4 Å². The molecule has 4 heteroatoms. The lowest BCUT2D eigenvalue weighted by Crippen LogP contribution is -2.20. The third-order valence-electron chi connectivity index (χ3n) is 1.99. The van der Waals surface area contributed by atoms with Gasteiger partial charge in [-0.2, -0.15) is 0 Å². The third kappa shape index (κ3) is 13.0. The molecule has 98 valence electrons. The molecular formula is C13H23NO3. The highest BCUT2D eigenvalue weighted by Crippen LogP contribution is 1.84. The van der Waals surface area contributed by atoms with E-state index < -0.39 is 0 Å². The highest BCUT2D eigenvalue weighted by Gasteiger charge is 1.96. The number of Topliss-reactive ketones (excluding diaryl/α,β-unsaturated/α-hetero) is 1. The Bertz CT molecular complexity index is 243. The molecule has 1 N–H and O–H groups in total. The van der Waals surface area contributed by atoms with Crippen molar-refractivity contribution in [2.45, 2.75) is 26.7 Å². The summed E-state index contributed by atoms with van der Waals surface area (Å²) in [5.74, 6) is 4.83. The summed E-state index contributed by atoms with van der Waals surface area (Å²) in [5, 5.41) is 3.28. The van der Waals surface area contributed by atoms with Gasteiger partial charge in [-0.25, -0.2) is 0 Å². The maximum atomic E-state index is 11.0. The first kappa shape index (κ1) is 16.1. The lowest BCUT2D eigenvalue weighted by atomic mass is 10.4. The van der Waals surface area contributed by atoms with Gasteiger partial charge in [0.25, 0.3) is 0 Å². The summed E-state index contributed by atoms with van der Waals surface area (Å²) < 4.78 is 10.4. The zero-order valence-corrected chi connectivity index (χ0v) is 10.9. The molecular weight excluding hydrogens is 218 g/mol. The van der Waals surface area contributed by atoms with E-state index in [9.17, 15) is 4.79 Å². The van der Waals surface area contributed by atoms with E-state index in [1.165, 1.54) is 0 Å². The Hall–Kier alpha value is -0.890. The van der Waals surface area contributed by atoms with Gasteiger partial charge in [0, 0.05) is 19.8 Å². The monoisotopic (exact) mass is 241 g/mol. The van der Waals surface area contributed by atoms with Crippen LogP contribution in [0.25, 0.3) is 0 Å². The van der Waals surface area contributed by atoms with Crippen molar-refractivity contribution >= 4 is 5.78 Å². The molecule has 0 unspecified atom stereocenters. The molecule has 0 heterocycles. The van der Waals surface area contributed by atoms with Gasteiger partial charge in [0.15, 0.2) is 0 Å². The molecule has 0 saturated heterocycles. The normalized spacial score (nSPS) is 9.76. The van der Waals surface area contributed by atoms with Gasteiger partial charge in [0.05, 0.1) is 0 Å². The van der Waals surface area contributed by atoms with Crippen molar-refractivity contribution < 1.29 is 14.3 Å². The van der Waals surface area contributed by atoms with Crippen molar-refractivity contribution in [3.63, 3.8) is 0 Å². The van der Waals surface area contributed by atoms with Crippen molar-refractivity contribution in [2.24, 2.45) is 0 Å². The van der Waals surface area contributed by atoms with Crippen molar-refractivity contribution in [3.8, 4) is 11.8 Å². The Morgan fingerprint density at radius 2 is 1.82 bits per heavy atom. The zero-order chi connectivity index (χ0) is 12.8. The molecule has 0 aliphatic carbocycles. The van der Waals surface area contributed by atoms with Crippen LogP contribution in [0, 0.1) is 11.8 Å². The molecule has 0 aliphatic heterocycles. The molecule has 4 nitrogen and oxygen atoms in total. The largest absolute Gasteiger partial charge is 0.382 e. The quantitative estimate of drug-likeness (QED) is 0.333. The van der Waals surface area contributed by atoms with E-state index in [1.807, 2.05) is 6.92 Å². The van der Waals surface area contributed by atoms with Gasteiger partial charge in [-0.1, -0.05) is 5.92 Å². The second-order valence-corrected chi connectivity index (χ2v) is 3.50. The Morgan fingerprint density at radius 3 is 2.41 bits per heavy atom. The molecule has 0 aromatic rings. The van der Waals surface area contributed by atoms with Crippen molar-refractivity contribution in [1.82, 2.24) is 5.32 Å². The van der Waals surface area contributed by atoms with Crippen LogP contribution in [-0.4, -0.2) is 45.3 Å². The van der Waals surface area contributed by atoms with Crippen LogP contribution in [0.2, 0.25) is 0 Å². The minimum atomic E-state index is -0.155. The number of carbonyl (C=O) groups is 1. The molecule has 17 heavy (non-hydrogen) atoms. The van der Waals surface area contributed by atoms with Crippen LogP contribution in [0.5, 0.6) is 0 Å². The van der Waals surface area contributed by atoms with E-state index in [0.717, 1.165) is 39.1 Å². The topological polar surface area (TPSA) is 47.6 Å². The summed E-state index contributed by atoms with van der Waals surface area (Å²) >= 11 is 0. The number of nitrogens with one attached hydrogen (secondary N) is 1. The first-order valence-corrected chi connectivity index (χ1v) is 6.13. The summed E-state index contributed by atoms with van der Waals surface area (Å²) in [6.07, 6.45) is 1.93. The molecule has 0 saturated carbocycles. The Labute approximate surface area is 104 Å². The first-order valence-electron chi connectivity index (χ1n) is 6.13. The summed E-state index contributed by atoms with van der Waals surface area (Å²) in [6, 6.07) is 0. The van der Waals surface area contributed by atoms with Crippen molar-refractivity contribution in [2.75, 3.05) is 39.5 Å². The van der Waals surface area contributed by atoms with E-state index in [1.54, 1.807) is 6.92 Å². The minimum absolute atomic E-state index is 0.102. The Kier molecular flexibility index (Phi) is 12.5. The second kappa shape index (κ2) is 13.2. The molecule has 0 amide bonds. The lowest BCUT2D eigenvalue weighted by molar-refractivity contribution is -0.118. The first-order chi connectivity index (χ1) is 8.31. The van der Waals surface area contributed by atoms with Gasteiger partial charge in [0.2, 0.25) is 5.78 Å². The van der Waals surface area contributed by atoms with E-state index in [4.69, 9.17) is 9.47 Å². The maximum absolute atomic E-state index is 11.0. The number of hydrogen-bond acceptors (Lipinski definition) is 4. The number of ketones is 1. The van der Waals surface area contributed by atoms with E-state index in [0.29, 0.717) is 6.61 Å². The van der Waals surface area contributed by atoms with E-state index >= 15 is 0 Å². The zero-order valence-electron chi connectivity index (χ0n) is 10.9. The number of carbonyl (C=O) groups excluding carboxylic acids is 1. The summed E-state index contributed by atoms with van der Waals surface area (Å²) in [5.41, 5.74) is 0. The molecule has 0 bridgehead atoms. The fourth-order valence-electron chi connectivity index (χ4n) is 1.21. The van der Waals surface area contributed by atoms with Gasteiger partial charge in [-0.15, -0.1) is 0 Å². The average Bonchev–Trinajstić information content (AvgIpc) is 2.32. The molecule has 0 fully saturated rings. The molecule has 0 spiro atoms. The third-order valence-corrected chi connectivity index (χ3v) is 1.99. The predicted octanol–water partition coefficient (Wildman–Crippen LogP) is 1.00. The highest BCUT2D eigenvalue weighted by atomic mass is 16.5. The fourth-order valence-corrected chi connectivity index (χ4v) is 1.21. The van der Waals surface area contributed by atoms with Gasteiger partial charge < -0.3 is 14.8 Å². The molecule has 0 aromatic carbocycles. The smallest absolute Gasteiger partial charge is 0.231 e. The second-order valence-electron chi connectivity index (χ2n) is 3.50. The average molecular weight is 241 g/mol. The highest BCUT2D eigenvalue weighted by molar-refractivity contribution is 5.96. The van der Waals surface area contributed by atoms with Crippen LogP contribution in [-0.2, 0) is 14.3 Å². The summed E-state index contributed by atoms with van der Waals surface area (Å²) in [4.78, 5) is 11.0. The standard InChI is InChI=1S/C13H23NO3/c1-3-7-13(15)12-17-11-6-9-14-8-5-10-16-4-2/h14H,4-6,8-12H2,1-2H3. The molecule has 0 atom stereocenters. The van der Waals surface area contributed by atoms with Gasteiger partial charge in [0.1, 0.15) is 6.61 Å². The molecule has 0 rings (SSSR count). The molecule has 0 aromatic heterocycles. The van der Waals surface area contributed by atoms with Crippen LogP contribution in [0.3, 0.4) is 0 Å². The van der Waals surface area contributed by atoms with Crippen LogP contribution < -0.4 is 5.32 Å². The molecule has 0 aliphatic rings. The SMILES string of the molecule is CC#CC(=O)COCCCNCCCOCC. The maximum Gasteiger partial charge on any atom is 0.231 e. The fraction of sp³-hybridized carbons (Fsp3) is 0.769. The Morgan fingerprint density at radius 1 is 1.18 bits per heavy atom.